The van der Waals surface area contributed by atoms with E-state index in [0.29, 0.717) is 12.3 Å². The molecule has 2 rings (SSSR count). The number of ether oxygens (including phenoxy) is 2. The second kappa shape index (κ2) is 7.88. The van der Waals surface area contributed by atoms with Crippen LogP contribution in [0.3, 0.4) is 0 Å². The van der Waals surface area contributed by atoms with E-state index < -0.39 is 0 Å². The molecule has 1 N–H and O–H groups in total. The van der Waals surface area contributed by atoms with Crippen LogP contribution in [0.2, 0.25) is 0 Å². The number of carbonyl (C=O) groups excluding carboxylic acids is 1. The van der Waals surface area contributed by atoms with Gasteiger partial charge in [-0.1, -0.05) is 30.3 Å². The molecule has 0 heterocycles. The van der Waals surface area contributed by atoms with Crippen molar-refractivity contribution in [2.75, 3.05) is 14.2 Å². The van der Waals surface area contributed by atoms with Gasteiger partial charge < -0.3 is 14.8 Å². The molecule has 0 aliphatic heterocycles. The van der Waals surface area contributed by atoms with Gasteiger partial charge in [-0.25, -0.2) is 0 Å². The number of amides is 1. The van der Waals surface area contributed by atoms with Crippen LogP contribution in [0.15, 0.2) is 54.6 Å². The van der Waals surface area contributed by atoms with Crippen molar-refractivity contribution in [2.24, 2.45) is 0 Å². The molecule has 114 valence electrons. The lowest BCUT2D eigenvalue weighted by Gasteiger charge is -2.10. The predicted molar refractivity (Wildman–Crippen MR) is 86.9 cm³/mol. The fraction of sp³-hybridized carbons (Fsp3) is 0.167. The van der Waals surface area contributed by atoms with Crippen LogP contribution in [0.1, 0.15) is 11.1 Å². The van der Waals surface area contributed by atoms with Crippen molar-refractivity contribution in [1.82, 2.24) is 5.32 Å². The first-order valence-corrected chi connectivity index (χ1v) is 6.95. The van der Waals surface area contributed by atoms with Crippen molar-refractivity contribution in [1.29, 1.82) is 0 Å². The largest absolute Gasteiger partial charge is 0.497 e. The van der Waals surface area contributed by atoms with Crippen LogP contribution >= 0.6 is 0 Å². The van der Waals surface area contributed by atoms with Crippen molar-refractivity contribution >= 4 is 12.0 Å². The van der Waals surface area contributed by atoms with E-state index in [1.807, 2.05) is 42.5 Å². The molecule has 0 saturated carbocycles. The molecule has 0 atom stereocenters. The Morgan fingerprint density at radius 1 is 1.09 bits per heavy atom. The topological polar surface area (TPSA) is 47.6 Å². The molecule has 0 unspecified atom stereocenters. The summed E-state index contributed by atoms with van der Waals surface area (Å²) in [5.41, 5.74) is 1.88. The highest BCUT2D eigenvalue weighted by Gasteiger charge is 2.05. The Balaban J connectivity index is 1.95. The van der Waals surface area contributed by atoms with Gasteiger partial charge in [0.05, 0.1) is 14.2 Å². The summed E-state index contributed by atoms with van der Waals surface area (Å²) in [7, 11) is 3.19. The Morgan fingerprint density at radius 2 is 1.86 bits per heavy atom. The van der Waals surface area contributed by atoms with Crippen LogP contribution in [-0.2, 0) is 11.3 Å². The van der Waals surface area contributed by atoms with Crippen LogP contribution in [0, 0.1) is 0 Å². The van der Waals surface area contributed by atoms with Crippen LogP contribution in [-0.4, -0.2) is 20.1 Å². The zero-order valence-electron chi connectivity index (χ0n) is 12.7. The predicted octanol–water partition coefficient (Wildman–Crippen LogP) is 3.03. The maximum Gasteiger partial charge on any atom is 0.244 e. The first-order chi connectivity index (χ1) is 10.7. The van der Waals surface area contributed by atoms with E-state index >= 15 is 0 Å². The average molecular weight is 297 g/mol. The summed E-state index contributed by atoms with van der Waals surface area (Å²) in [5.74, 6) is 1.25. The molecule has 0 spiro atoms. The summed E-state index contributed by atoms with van der Waals surface area (Å²) in [6.07, 6.45) is 3.30. The molecular weight excluding hydrogens is 278 g/mol. The molecule has 0 aliphatic rings. The monoisotopic (exact) mass is 297 g/mol. The smallest absolute Gasteiger partial charge is 0.244 e. The molecule has 0 saturated heterocycles. The van der Waals surface area contributed by atoms with E-state index in [-0.39, 0.29) is 5.91 Å². The second-order valence-corrected chi connectivity index (χ2v) is 4.64. The van der Waals surface area contributed by atoms with Crippen molar-refractivity contribution in [3.63, 3.8) is 0 Å². The summed E-state index contributed by atoms with van der Waals surface area (Å²) >= 11 is 0. The zero-order valence-corrected chi connectivity index (χ0v) is 12.7. The number of nitrogens with one attached hydrogen (secondary N) is 1. The van der Waals surface area contributed by atoms with Crippen LogP contribution in [0.5, 0.6) is 11.5 Å². The highest BCUT2D eigenvalue weighted by molar-refractivity contribution is 5.91. The summed E-state index contributed by atoms with van der Waals surface area (Å²) in [5, 5.41) is 2.83. The van der Waals surface area contributed by atoms with Crippen molar-refractivity contribution < 1.29 is 14.3 Å². The van der Waals surface area contributed by atoms with E-state index in [0.717, 1.165) is 16.9 Å². The molecule has 0 aliphatic carbocycles. The maximum atomic E-state index is 11.8. The molecule has 2 aromatic rings. The average Bonchev–Trinajstić information content (AvgIpc) is 2.58. The van der Waals surface area contributed by atoms with Crippen LogP contribution in [0.4, 0.5) is 0 Å². The van der Waals surface area contributed by atoms with E-state index in [1.165, 1.54) is 6.08 Å². The van der Waals surface area contributed by atoms with Gasteiger partial charge in [0.1, 0.15) is 11.5 Å². The maximum absolute atomic E-state index is 11.8. The molecule has 0 aromatic heterocycles. The van der Waals surface area contributed by atoms with E-state index in [1.54, 1.807) is 26.4 Å². The van der Waals surface area contributed by atoms with Gasteiger partial charge in [-0.2, -0.15) is 0 Å². The van der Waals surface area contributed by atoms with E-state index in [9.17, 15) is 4.79 Å². The third kappa shape index (κ3) is 4.38. The summed E-state index contributed by atoms with van der Waals surface area (Å²) in [6.45, 7) is 0.394. The van der Waals surface area contributed by atoms with Gasteiger partial charge in [-0.3, -0.25) is 4.79 Å². The lowest BCUT2D eigenvalue weighted by atomic mass is 10.2. The molecule has 1 amide bonds. The van der Waals surface area contributed by atoms with Gasteiger partial charge in [0.25, 0.3) is 0 Å². The number of hydrogen-bond acceptors (Lipinski definition) is 3. The summed E-state index contributed by atoms with van der Waals surface area (Å²) in [4.78, 5) is 11.8. The number of benzene rings is 2. The lowest BCUT2D eigenvalue weighted by Crippen LogP contribution is -2.20. The third-order valence-corrected chi connectivity index (χ3v) is 3.17. The Hall–Kier alpha value is -2.75. The fourth-order valence-corrected chi connectivity index (χ4v) is 1.98. The fourth-order valence-electron chi connectivity index (χ4n) is 1.98. The molecule has 4 nitrogen and oxygen atoms in total. The first-order valence-electron chi connectivity index (χ1n) is 6.95. The lowest BCUT2D eigenvalue weighted by molar-refractivity contribution is -0.116. The number of rotatable bonds is 6. The summed E-state index contributed by atoms with van der Waals surface area (Å²) in [6, 6.07) is 15.2. The summed E-state index contributed by atoms with van der Waals surface area (Å²) < 4.78 is 10.4. The molecule has 0 radical (unpaired) electrons. The van der Waals surface area contributed by atoms with Crippen LogP contribution < -0.4 is 14.8 Å². The normalized spacial score (nSPS) is 10.5. The van der Waals surface area contributed by atoms with E-state index in [2.05, 4.69) is 5.32 Å². The third-order valence-electron chi connectivity index (χ3n) is 3.17. The Labute approximate surface area is 130 Å². The minimum absolute atomic E-state index is 0.151. The van der Waals surface area contributed by atoms with Crippen molar-refractivity contribution in [2.45, 2.75) is 6.54 Å². The van der Waals surface area contributed by atoms with E-state index in [4.69, 9.17) is 9.47 Å². The minimum atomic E-state index is -0.151. The van der Waals surface area contributed by atoms with Crippen molar-refractivity contribution in [3.05, 3.63) is 65.7 Å². The molecule has 4 heteroatoms. The number of carbonyl (C=O) groups is 1. The van der Waals surface area contributed by atoms with Crippen LogP contribution in [0.25, 0.3) is 6.08 Å². The zero-order chi connectivity index (χ0) is 15.8. The molecule has 0 fully saturated rings. The van der Waals surface area contributed by atoms with Gasteiger partial charge in [0.15, 0.2) is 0 Å². The molecule has 2 aromatic carbocycles. The Bertz CT molecular complexity index is 651. The highest BCUT2D eigenvalue weighted by atomic mass is 16.5. The minimum Gasteiger partial charge on any atom is -0.497 e. The van der Waals surface area contributed by atoms with Gasteiger partial charge in [0, 0.05) is 24.3 Å². The molecule has 0 bridgehead atoms. The van der Waals surface area contributed by atoms with Crippen molar-refractivity contribution in [3.8, 4) is 11.5 Å². The molecule has 22 heavy (non-hydrogen) atoms. The second-order valence-electron chi connectivity index (χ2n) is 4.64. The highest BCUT2D eigenvalue weighted by Crippen LogP contribution is 2.24. The van der Waals surface area contributed by atoms with Gasteiger partial charge >= 0.3 is 0 Å². The van der Waals surface area contributed by atoms with Gasteiger partial charge in [-0.15, -0.1) is 0 Å². The van der Waals surface area contributed by atoms with Gasteiger partial charge in [0.2, 0.25) is 5.91 Å². The Kier molecular flexibility index (Phi) is 5.60. The SMILES string of the molecule is COc1ccc(CNC(=O)/C=C/c2ccccc2)c(OC)c1. The quantitative estimate of drug-likeness (QED) is 0.834. The first kappa shape index (κ1) is 15.6. The molecular formula is C18H19NO3. The number of hydrogen-bond donors (Lipinski definition) is 1. The Morgan fingerprint density at radius 3 is 2.55 bits per heavy atom. The standard InChI is InChI=1S/C18H19NO3/c1-21-16-10-9-15(17(12-16)22-2)13-19-18(20)11-8-14-6-4-3-5-7-14/h3-12H,13H2,1-2H3,(H,19,20)/b11-8+. The van der Waals surface area contributed by atoms with Gasteiger partial charge in [-0.05, 0) is 23.8 Å². The number of methoxy groups -OCH3 is 2.